The van der Waals surface area contributed by atoms with E-state index in [9.17, 15) is 9.59 Å². The van der Waals surface area contributed by atoms with Crippen molar-refractivity contribution in [2.75, 3.05) is 5.32 Å². The van der Waals surface area contributed by atoms with E-state index in [4.69, 9.17) is 23.2 Å². The van der Waals surface area contributed by atoms with Crippen molar-refractivity contribution < 1.29 is 4.79 Å². The fourth-order valence-electron chi connectivity index (χ4n) is 3.43. The quantitative estimate of drug-likeness (QED) is 0.475. The topological polar surface area (TPSA) is 64.0 Å². The lowest BCUT2D eigenvalue weighted by Crippen LogP contribution is -2.24. The van der Waals surface area contributed by atoms with Crippen LogP contribution < -0.4 is 10.7 Å². The van der Waals surface area contributed by atoms with E-state index in [1.54, 1.807) is 48.8 Å². The third kappa shape index (κ3) is 3.37. The van der Waals surface area contributed by atoms with E-state index in [0.717, 1.165) is 16.5 Å². The lowest BCUT2D eigenvalue weighted by Gasteiger charge is -2.13. The van der Waals surface area contributed by atoms with Crippen molar-refractivity contribution in [3.05, 3.63) is 80.2 Å². The van der Waals surface area contributed by atoms with Gasteiger partial charge in [0.1, 0.15) is 5.56 Å². The zero-order valence-corrected chi connectivity index (χ0v) is 17.3. The van der Waals surface area contributed by atoms with Crippen LogP contribution in [0.15, 0.2) is 53.6 Å². The Labute approximate surface area is 176 Å². The maximum Gasteiger partial charge on any atom is 0.261 e. The second-order valence-electron chi connectivity index (χ2n) is 6.70. The summed E-state index contributed by atoms with van der Waals surface area (Å²) in [6, 6.07) is 10.4. The summed E-state index contributed by atoms with van der Waals surface area (Å²) in [7, 11) is 0. The second kappa shape index (κ2) is 7.50. The van der Waals surface area contributed by atoms with Crippen LogP contribution in [0.5, 0.6) is 0 Å². The van der Waals surface area contributed by atoms with Crippen LogP contribution in [0.4, 0.5) is 5.69 Å². The van der Waals surface area contributed by atoms with Gasteiger partial charge >= 0.3 is 0 Å². The van der Waals surface area contributed by atoms with E-state index in [1.165, 1.54) is 0 Å². The van der Waals surface area contributed by atoms with E-state index < -0.39 is 5.91 Å². The minimum Gasteiger partial charge on any atom is -0.347 e. The number of rotatable bonds is 3. The van der Waals surface area contributed by atoms with Crippen LogP contribution in [0.1, 0.15) is 22.8 Å². The number of anilines is 1. The average molecular weight is 426 g/mol. The Bertz CT molecular complexity index is 1350. The Balaban J connectivity index is 1.83. The molecule has 0 atom stereocenters. The number of hydrogen-bond acceptors (Lipinski definition) is 3. The fraction of sp³-hybridized carbons (Fsp3) is 0.136. The molecule has 0 radical (unpaired) electrons. The van der Waals surface area contributed by atoms with Crippen molar-refractivity contribution in [2.24, 2.45) is 0 Å². The van der Waals surface area contributed by atoms with Gasteiger partial charge in [0.25, 0.3) is 5.91 Å². The second-order valence-corrected chi connectivity index (χ2v) is 7.54. The SMILES string of the molecule is CCn1cc(C(=O)Nc2ccnc3c(C)c(Cl)ccc23)c(=O)c2cc(Cl)ccc21. The van der Waals surface area contributed by atoms with Crippen LogP contribution in [0.3, 0.4) is 0 Å². The van der Waals surface area contributed by atoms with Crippen LogP contribution in [0.25, 0.3) is 21.8 Å². The van der Waals surface area contributed by atoms with Crippen molar-refractivity contribution in [2.45, 2.75) is 20.4 Å². The number of benzene rings is 2. The molecule has 0 aliphatic heterocycles. The highest BCUT2D eigenvalue weighted by molar-refractivity contribution is 6.32. The smallest absolute Gasteiger partial charge is 0.261 e. The molecule has 4 rings (SSSR count). The van der Waals surface area contributed by atoms with Gasteiger partial charge in [-0.25, -0.2) is 0 Å². The Morgan fingerprint density at radius 3 is 2.69 bits per heavy atom. The molecule has 0 fully saturated rings. The van der Waals surface area contributed by atoms with Gasteiger partial charge < -0.3 is 9.88 Å². The van der Waals surface area contributed by atoms with Crippen molar-refractivity contribution >= 4 is 56.6 Å². The Morgan fingerprint density at radius 2 is 1.93 bits per heavy atom. The molecule has 2 heterocycles. The Hall–Kier alpha value is -2.89. The predicted molar refractivity (Wildman–Crippen MR) is 118 cm³/mol. The molecule has 29 heavy (non-hydrogen) atoms. The van der Waals surface area contributed by atoms with Crippen molar-refractivity contribution in [1.82, 2.24) is 9.55 Å². The van der Waals surface area contributed by atoms with Gasteiger partial charge in [-0.15, -0.1) is 0 Å². The molecule has 7 heteroatoms. The Morgan fingerprint density at radius 1 is 1.14 bits per heavy atom. The van der Waals surface area contributed by atoms with E-state index >= 15 is 0 Å². The number of halogens is 2. The van der Waals surface area contributed by atoms with Gasteiger partial charge in [-0.3, -0.25) is 14.6 Å². The van der Waals surface area contributed by atoms with E-state index in [1.807, 2.05) is 18.4 Å². The lowest BCUT2D eigenvalue weighted by atomic mass is 10.1. The first-order valence-corrected chi connectivity index (χ1v) is 9.84. The third-order valence-electron chi connectivity index (χ3n) is 4.98. The van der Waals surface area contributed by atoms with Gasteiger partial charge in [-0.2, -0.15) is 0 Å². The van der Waals surface area contributed by atoms with Gasteiger partial charge in [0.2, 0.25) is 5.43 Å². The molecule has 4 aromatic rings. The molecule has 0 spiro atoms. The van der Waals surface area contributed by atoms with Gasteiger partial charge in [0.05, 0.1) is 16.7 Å². The highest BCUT2D eigenvalue weighted by Crippen LogP contribution is 2.29. The molecule has 0 saturated heterocycles. The first-order valence-electron chi connectivity index (χ1n) is 9.08. The molecule has 1 amide bonds. The monoisotopic (exact) mass is 425 g/mol. The number of amides is 1. The number of carbonyl (C=O) groups is 1. The highest BCUT2D eigenvalue weighted by Gasteiger charge is 2.17. The zero-order chi connectivity index (χ0) is 20.7. The summed E-state index contributed by atoms with van der Waals surface area (Å²) in [6.45, 7) is 4.42. The number of fused-ring (bicyclic) bond motifs is 2. The number of aromatic nitrogens is 2. The number of aryl methyl sites for hydroxylation is 2. The summed E-state index contributed by atoms with van der Waals surface area (Å²) in [6.07, 6.45) is 3.19. The first-order chi connectivity index (χ1) is 13.9. The maximum absolute atomic E-state index is 13.0. The van der Waals surface area contributed by atoms with Crippen LogP contribution in [-0.4, -0.2) is 15.5 Å². The van der Waals surface area contributed by atoms with Crippen molar-refractivity contribution in [3.63, 3.8) is 0 Å². The Kier molecular flexibility index (Phi) is 5.03. The molecule has 0 aliphatic carbocycles. The summed E-state index contributed by atoms with van der Waals surface area (Å²) >= 11 is 12.3. The van der Waals surface area contributed by atoms with Gasteiger partial charge in [-0.1, -0.05) is 23.2 Å². The van der Waals surface area contributed by atoms with E-state index in [2.05, 4.69) is 10.3 Å². The number of pyridine rings is 2. The number of nitrogens with zero attached hydrogens (tertiary/aromatic N) is 2. The summed E-state index contributed by atoms with van der Waals surface area (Å²) in [5.41, 5.74) is 2.52. The van der Waals surface area contributed by atoms with Gasteiger partial charge in [0.15, 0.2) is 0 Å². The minimum atomic E-state index is -0.487. The first kappa shape index (κ1) is 19.4. The summed E-state index contributed by atoms with van der Waals surface area (Å²) < 4.78 is 1.86. The zero-order valence-electron chi connectivity index (χ0n) is 15.8. The third-order valence-corrected chi connectivity index (χ3v) is 5.62. The standard InChI is InChI=1S/C22H17Cl2N3O2/c1-3-27-11-16(21(28)15-10-13(23)4-7-19(15)27)22(29)26-18-8-9-25-20-12(2)17(24)6-5-14(18)20/h4-11H,3H2,1-2H3,(H,25,26,29). The van der Waals surface area contributed by atoms with Crippen LogP contribution in [0, 0.1) is 6.92 Å². The van der Waals surface area contributed by atoms with Crippen molar-refractivity contribution in [3.8, 4) is 0 Å². The maximum atomic E-state index is 13.0. The van der Waals surface area contributed by atoms with E-state index in [0.29, 0.717) is 33.2 Å². The molecular formula is C22H17Cl2N3O2. The molecule has 0 saturated carbocycles. The molecule has 0 bridgehead atoms. The van der Waals surface area contributed by atoms with Crippen LogP contribution in [0.2, 0.25) is 10.0 Å². The molecular weight excluding hydrogens is 409 g/mol. The predicted octanol–water partition coefficient (Wildman–Crippen LogP) is 5.44. The van der Waals surface area contributed by atoms with Gasteiger partial charge in [-0.05, 0) is 55.8 Å². The molecule has 1 N–H and O–H groups in total. The van der Waals surface area contributed by atoms with Gasteiger partial charge in [0, 0.05) is 39.8 Å². The summed E-state index contributed by atoms with van der Waals surface area (Å²) in [4.78, 5) is 30.4. The normalized spacial score (nSPS) is 11.2. The number of carbonyl (C=O) groups excluding carboxylic acids is 1. The molecule has 0 aliphatic rings. The highest BCUT2D eigenvalue weighted by atomic mass is 35.5. The molecule has 0 unspecified atom stereocenters. The number of nitrogens with one attached hydrogen (secondary N) is 1. The summed E-state index contributed by atoms with van der Waals surface area (Å²) in [5.74, 6) is -0.487. The van der Waals surface area contributed by atoms with Crippen LogP contribution >= 0.6 is 23.2 Å². The lowest BCUT2D eigenvalue weighted by molar-refractivity contribution is 0.102. The van der Waals surface area contributed by atoms with Crippen molar-refractivity contribution in [1.29, 1.82) is 0 Å². The molecule has 146 valence electrons. The minimum absolute atomic E-state index is 0.0530. The largest absolute Gasteiger partial charge is 0.347 e. The number of hydrogen-bond donors (Lipinski definition) is 1. The van der Waals surface area contributed by atoms with Crippen LogP contribution in [-0.2, 0) is 6.54 Å². The molecule has 5 nitrogen and oxygen atoms in total. The fourth-order valence-corrected chi connectivity index (χ4v) is 3.75. The average Bonchev–Trinajstić information content (AvgIpc) is 2.71. The molecule has 2 aromatic heterocycles. The van der Waals surface area contributed by atoms with E-state index in [-0.39, 0.29) is 11.0 Å². The molecule has 2 aromatic carbocycles. The summed E-state index contributed by atoms with van der Waals surface area (Å²) in [5, 5.41) is 5.06.